The lowest BCUT2D eigenvalue weighted by atomic mass is 10.1. The van der Waals surface area contributed by atoms with Crippen molar-refractivity contribution in [3.8, 4) is 5.75 Å². The summed E-state index contributed by atoms with van der Waals surface area (Å²) in [4.78, 5) is 4.56. The number of ether oxygens (including phenoxy) is 1. The van der Waals surface area contributed by atoms with Gasteiger partial charge in [-0.25, -0.2) is 13.4 Å². The summed E-state index contributed by atoms with van der Waals surface area (Å²) in [5, 5.41) is 6.38. The van der Waals surface area contributed by atoms with Crippen LogP contribution in [0.4, 0.5) is 0 Å². The van der Waals surface area contributed by atoms with Gasteiger partial charge < -0.3 is 15.4 Å². The topological polar surface area (TPSA) is 79.8 Å². The van der Waals surface area contributed by atoms with Crippen LogP contribution < -0.4 is 15.4 Å². The largest absolute Gasteiger partial charge is 0.497 e. The third-order valence-corrected chi connectivity index (χ3v) is 5.45. The maximum atomic E-state index is 11.6. The van der Waals surface area contributed by atoms with Gasteiger partial charge in [-0.2, -0.15) is 0 Å². The first-order valence-electron chi connectivity index (χ1n) is 7.81. The Morgan fingerprint density at radius 1 is 1.39 bits per heavy atom. The molecule has 7 heteroatoms. The van der Waals surface area contributed by atoms with Gasteiger partial charge in [0, 0.05) is 12.6 Å². The van der Waals surface area contributed by atoms with Crippen LogP contribution in [0, 0.1) is 6.92 Å². The minimum absolute atomic E-state index is 0.0650. The van der Waals surface area contributed by atoms with Crippen molar-refractivity contribution in [1.29, 1.82) is 0 Å². The number of nitrogens with one attached hydrogen (secondary N) is 2. The molecule has 1 unspecified atom stereocenters. The molecule has 0 radical (unpaired) electrons. The zero-order chi connectivity index (χ0) is 16.9. The summed E-state index contributed by atoms with van der Waals surface area (Å²) < 4.78 is 28.4. The maximum absolute atomic E-state index is 11.6. The average molecular weight is 339 g/mol. The van der Waals surface area contributed by atoms with Crippen molar-refractivity contribution in [2.75, 3.05) is 25.2 Å². The van der Waals surface area contributed by atoms with Crippen molar-refractivity contribution in [3.05, 3.63) is 29.3 Å². The molecule has 0 amide bonds. The van der Waals surface area contributed by atoms with E-state index in [4.69, 9.17) is 4.74 Å². The van der Waals surface area contributed by atoms with Gasteiger partial charge in [-0.3, -0.25) is 0 Å². The quantitative estimate of drug-likeness (QED) is 0.623. The van der Waals surface area contributed by atoms with Crippen molar-refractivity contribution >= 4 is 15.8 Å². The van der Waals surface area contributed by atoms with Gasteiger partial charge in [0.1, 0.15) is 5.75 Å². The molecule has 128 valence electrons. The zero-order valence-corrected chi connectivity index (χ0v) is 14.7. The van der Waals surface area contributed by atoms with Gasteiger partial charge in [0.15, 0.2) is 15.8 Å². The van der Waals surface area contributed by atoms with Crippen molar-refractivity contribution in [3.63, 3.8) is 0 Å². The average Bonchev–Trinajstić information content (AvgIpc) is 2.83. The number of sulfone groups is 1. The Bertz CT molecular complexity index is 671. The van der Waals surface area contributed by atoms with Crippen LogP contribution in [0.2, 0.25) is 0 Å². The van der Waals surface area contributed by atoms with Crippen LogP contribution in [0.5, 0.6) is 5.75 Å². The van der Waals surface area contributed by atoms with E-state index in [1.54, 1.807) is 7.11 Å². The number of methoxy groups -OCH3 is 1. The van der Waals surface area contributed by atoms with Crippen LogP contribution in [0.3, 0.4) is 0 Å². The van der Waals surface area contributed by atoms with Crippen molar-refractivity contribution < 1.29 is 13.2 Å². The number of hydrogen-bond acceptors (Lipinski definition) is 4. The monoisotopic (exact) mass is 339 g/mol. The molecule has 1 aromatic rings. The molecule has 2 N–H and O–H groups in total. The number of guanidine groups is 1. The predicted molar refractivity (Wildman–Crippen MR) is 92.7 cm³/mol. The van der Waals surface area contributed by atoms with Gasteiger partial charge >= 0.3 is 0 Å². The molecule has 0 aromatic heterocycles. The molecular weight excluding hydrogens is 314 g/mol. The van der Waals surface area contributed by atoms with Crippen LogP contribution in [0.15, 0.2) is 23.2 Å². The van der Waals surface area contributed by atoms with Crippen LogP contribution >= 0.6 is 0 Å². The van der Waals surface area contributed by atoms with Gasteiger partial charge in [0.25, 0.3) is 0 Å². The summed E-state index contributed by atoms with van der Waals surface area (Å²) in [6.07, 6.45) is 0.630. The van der Waals surface area contributed by atoms with E-state index in [2.05, 4.69) is 21.7 Å². The summed E-state index contributed by atoms with van der Waals surface area (Å²) >= 11 is 0. The molecule has 1 aliphatic heterocycles. The molecule has 1 aliphatic rings. The third-order valence-electron chi connectivity index (χ3n) is 3.68. The summed E-state index contributed by atoms with van der Waals surface area (Å²) in [6.45, 7) is 5.23. The van der Waals surface area contributed by atoms with E-state index < -0.39 is 9.84 Å². The van der Waals surface area contributed by atoms with E-state index in [0.29, 0.717) is 18.9 Å². The van der Waals surface area contributed by atoms with Gasteiger partial charge in [0.05, 0.1) is 25.2 Å². The zero-order valence-electron chi connectivity index (χ0n) is 13.9. The molecule has 23 heavy (non-hydrogen) atoms. The fourth-order valence-electron chi connectivity index (χ4n) is 2.63. The SMILES string of the molecule is CCNC(=NCc1cc(C)cc(OC)c1)NC1CCS(=O)(=O)C1. The van der Waals surface area contributed by atoms with Crippen LogP contribution in [-0.2, 0) is 16.4 Å². The van der Waals surface area contributed by atoms with Crippen LogP contribution in [0.25, 0.3) is 0 Å². The molecule has 1 aromatic carbocycles. The first-order chi connectivity index (χ1) is 10.9. The summed E-state index contributed by atoms with van der Waals surface area (Å²) in [6, 6.07) is 5.93. The molecule has 0 bridgehead atoms. The predicted octanol–water partition coefficient (Wildman–Crippen LogP) is 1.25. The normalized spacial score (nSPS) is 20.3. The molecule has 0 saturated carbocycles. The van der Waals surface area contributed by atoms with E-state index in [1.165, 1.54) is 0 Å². The fourth-order valence-corrected chi connectivity index (χ4v) is 4.30. The lowest BCUT2D eigenvalue weighted by molar-refractivity contribution is 0.414. The van der Waals surface area contributed by atoms with Crippen molar-refractivity contribution in [2.24, 2.45) is 4.99 Å². The number of aryl methyl sites for hydroxylation is 1. The molecule has 1 heterocycles. The van der Waals surface area contributed by atoms with Gasteiger partial charge in [-0.15, -0.1) is 0 Å². The highest BCUT2D eigenvalue weighted by atomic mass is 32.2. The first-order valence-corrected chi connectivity index (χ1v) is 9.64. The number of hydrogen-bond donors (Lipinski definition) is 2. The fraction of sp³-hybridized carbons (Fsp3) is 0.562. The molecule has 0 aliphatic carbocycles. The highest BCUT2D eigenvalue weighted by molar-refractivity contribution is 7.91. The summed E-state index contributed by atoms with van der Waals surface area (Å²) in [7, 11) is -1.25. The smallest absolute Gasteiger partial charge is 0.191 e. The molecule has 1 atom stereocenters. The maximum Gasteiger partial charge on any atom is 0.191 e. The minimum Gasteiger partial charge on any atom is -0.497 e. The van der Waals surface area contributed by atoms with Gasteiger partial charge in [-0.1, -0.05) is 6.07 Å². The lowest BCUT2D eigenvalue weighted by Crippen LogP contribution is -2.44. The molecule has 2 rings (SSSR count). The standard InChI is InChI=1S/C16H25N3O3S/c1-4-17-16(19-14-5-6-23(20,21)11-14)18-10-13-7-12(2)8-15(9-13)22-3/h7-9,14H,4-6,10-11H2,1-3H3,(H2,17,18,19). The van der Waals surface area contributed by atoms with Crippen molar-refractivity contribution in [2.45, 2.75) is 32.9 Å². The number of rotatable bonds is 5. The summed E-state index contributed by atoms with van der Waals surface area (Å²) in [5.41, 5.74) is 2.17. The minimum atomic E-state index is -2.90. The Kier molecular flexibility index (Phi) is 5.87. The van der Waals surface area contributed by atoms with Gasteiger partial charge in [-0.05, 0) is 43.5 Å². The Morgan fingerprint density at radius 3 is 2.78 bits per heavy atom. The molecule has 1 saturated heterocycles. The van der Waals surface area contributed by atoms with E-state index in [0.717, 1.165) is 23.4 Å². The Morgan fingerprint density at radius 2 is 2.17 bits per heavy atom. The number of nitrogens with zero attached hydrogens (tertiary/aromatic N) is 1. The first kappa shape index (κ1) is 17.6. The van der Waals surface area contributed by atoms with Gasteiger partial charge in [0.2, 0.25) is 0 Å². The Balaban J connectivity index is 2.05. The lowest BCUT2D eigenvalue weighted by Gasteiger charge is -2.16. The molecule has 6 nitrogen and oxygen atoms in total. The second-order valence-corrected chi connectivity index (χ2v) is 8.03. The van der Waals surface area contributed by atoms with Crippen LogP contribution in [0.1, 0.15) is 24.5 Å². The second kappa shape index (κ2) is 7.68. The van der Waals surface area contributed by atoms with Crippen LogP contribution in [-0.4, -0.2) is 45.6 Å². The molecular formula is C16H25N3O3S. The highest BCUT2D eigenvalue weighted by Crippen LogP contribution is 2.17. The third kappa shape index (κ3) is 5.42. The van der Waals surface area contributed by atoms with E-state index >= 15 is 0 Å². The van der Waals surface area contributed by atoms with E-state index in [-0.39, 0.29) is 17.5 Å². The highest BCUT2D eigenvalue weighted by Gasteiger charge is 2.28. The molecule has 0 spiro atoms. The molecule has 1 fully saturated rings. The second-order valence-electron chi connectivity index (χ2n) is 5.80. The van der Waals surface area contributed by atoms with E-state index in [1.807, 2.05) is 26.0 Å². The van der Waals surface area contributed by atoms with E-state index in [9.17, 15) is 8.42 Å². The number of aliphatic imine (C=N–C) groups is 1. The number of benzene rings is 1. The Labute approximate surface area is 138 Å². The van der Waals surface area contributed by atoms with Crippen molar-refractivity contribution in [1.82, 2.24) is 10.6 Å². The Hall–Kier alpha value is -1.76. The summed E-state index contributed by atoms with van der Waals surface area (Å²) in [5.74, 6) is 1.89.